The van der Waals surface area contributed by atoms with Crippen molar-refractivity contribution in [2.24, 2.45) is 0 Å². The molecule has 1 unspecified atom stereocenters. The van der Waals surface area contributed by atoms with Crippen LogP contribution in [-0.4, -0.2) is 42.4 Å². The third-order valence-corrected chi connectivity index (χ3v) is 3.47. The van der Waals surface area contributed by atoms with E-state index in [1.165, 1.54) is 0 Å². The zero-order chi connectivity index (χ0) is 15.1. The van der Waals surface area contributed by atoms with Gasteiger partial charge in [-0.1, -0.05) is 6.92 Å². The molecular weight excluding hydrogens is 268 g/mol. The van der Waals surface area contributed by atoms with Gasteiger partial charge in [0.15, 0.2) is 5.82 Å². The van der Waals surface area contributed by atoms with Gasteiger partial charge in [-0.2, -0.15) is 0 Å². The van der Waals surface area contributed by atoms with Gasteiger partial charge in [0.1, 0.15) is 18.2 Å². The average Bonchev–Trinajstić information content (AvgIpc) is 2.50. The van der Waals surface area contributed by atoms with E-state index in [1.807, 2.05) is 13.0 Å². The Morgan fingerprint density at radius 3 is 3.00 bits per heavy atom. The second-order valence-electron chi connectivity index (χ2n) is 5.29. The van der Waals surface area contributed by atoms with Crippen molar-refractivity contribution in [1.29, 1.82) is 0 Å². The molecule has 0 amide bonds. The Morgan fingerprint density at radius 1 is 1.38 bits per heavy atom. The molecule has 21 heavy (non-hydrogen) atoms. The fourth-order valence-corrected chi connectivity index (χ4v) is 2.49. The number of nitrogens with zero attached hydrogens (tertiary/aromatic N) is 3. The van der Waals surface area contributed by atoms with Gasteiger partial charge in [0.25, 0.3) is 0 Å². The summed E-state index contributed by atoms with van der Waals surface area (Å²) in [5, 5.41) is 0. The highest BCUT2D eigenvalue weighted by Crippen LogP contribution is 2.21. The largest absolute Gasteiger partial charge is 0.384 e. The summed E-state index contributed by atoms with van der Waals surface area (Å²) in [6, 6.07) is 1.83. The first kappa shape index (κ1) is 16.0. The third-order valence-electron chi connectivity index (χ3n) is 3.47. The van der Waals surface area contributed by atoms with Crippen molar-refractivity contribution in [2.45, 2.75) is 45.8 Å². The summed E-state index contributed by atoms with van der Waals surface area (Å²) < 4.78 is 11.2. The molecule has 0 saturated carbocycles. The monoisotopic (exact) mass is 294 g/mol. The lowest BCUT2D eigenvalue weighted by atomic mass is 10.1. The number of hydrogen-bond donors (Lipinski definition) is 1. The van der Waals surface area contributed by atoms with Crippen LogP contribution >= 0.6 is 0 Å². The molecule has 0 spiro atoms. The van der Waals surface area contributed by atoms with E-state index in [-0.39, 0.29) is 6.10 Å². The Labute approximate surface area is 126 Å². The minimum Gasteiger partial charge on any atom is -0.384 e. The van der Waals surface area contributed by atoms with Gasteiger partial charge in [-0.25, -0.2) is 9.97 Å². The van der Waals surface area contributed by atoms with E-state index in [2.05, 4.69) is 21.8 Å². The molecule has 1 atom stereocenters. The van der Waals surface area contributed by atoms with Gasteiger partial charge < -0.3 is 20.1 Å². The van der Waals surface area contributed by atoms with E-state index < -0.39 is 0 Å². The van der Waals surface area contributed by atoms with Crippen LogP contribution in [0.15, 0.2) is 6.07 Å². The SMILES string of the molecule is CCCOC1CCCN(c2cc(N)nc(COCC)n2)C1. The Kier molecular flexibility index (Phi) is 6.20. The van der Waals surface area contributed by atoms with Crippen molar-refractivity contribution in [3.05, 3.63) is 11.9 Å². The van der Waals surface area contributed by atoms with Crippen LogP contribution in [0.3, 0.4) is 0 Å². The summed E-state index contributed by atoms with van der Waals surface area (Å²) in [5.41, 5.74) is 5.89. The summed E-state index contributed by atoms with van der Waals surface area (Å²) >= 11 is 0. The normalized spacial score (nSPS) is 19.0. The van der Waals surface area contributed by atoms with Crippen molar-refractivity contribution in [1.82, 2.24) is 9.97 Å². The minimum atomic E-state index is 0.283. The molecule has 2 rings (SSSR count). The number of ether oxygens (including phenoxy) is 2. The molecule has 1 saturated heterocycles. The van der Waals surface area contributed by atoms with Crippen LogP contribution in [0.25, 0.3) is 0 Å². The highest BCUT2D eigenvalue weighted by molar-refractivity contribution is 5.47. The van der Waals surface area contributed by atoms with Crippen molar-refractivity contribution in [3.8, 4) is 0 Å². The summed E-state index contributed by atoms with van der Waals surface area (Å²) in [5.74, 6) is 2.01. The van der Waals surface area contributed by atoms with Crippen LogP contribution in [0.4, 0.5) is 11.6 Å². The van der Waals surface area contributed by atoms with Gasteiger partial charge in [-0.05, 0) is 26.2 Å². The Morgan fingerprint density at radius 2 is 2.24 bits per heavy atom. The molecule has 1 aromatic rings. The maximum atomic E-state index is 5.89. The molecule has 0 aromatic carbocycles. The second-order valence-corrected chi connectivity index (χ2v) is 5.29. The maximum absolute atomic E-state index is 5.89. The van der Waals surface area contributed by atoms with E-state index in [4.69, 9.17) is 15.2 Å². The van der Waals surface area contributed by atoms with E-state index in [9.17, 15) is 0 Å². The highest BCUT2D eigenvalue weighted by Gasteiger charge is 2.22. The molecule has 1 aliphatic heterocycles. The van der Waals surface area contributed by atoms with Crippen LogP contribution in [0.5, 0.6) is 0 Å². The number of nitrogen functional groups attached to an aromatic ring is 1. The van der Waals surface area contributed by atoms with Gasteiger partial charge in [0, 0.05) is 32.4 Å². The predicted molar refractivity (Wildman–Crippen MR) is 83.3 cm³/mol. The number of aromatic nitrogens is 2. The number of rotatable bonds is 7. The van der Waals surface area contributed by atoms with Crippen LogP contribution in [-0.2, 0) is 16.1 Å². The number of anilines is 2. The van der Waals surface area contributed by atoms with E-state index in [1.54, 1.807) is 0 Å². The number of hydrogen-bond acceptors (Lipinski definition) is 6. The minimum absolute atomic E-state index is 0.283. The van der Waals surface area contributed by atoms with Gasteiger partial charge in [0.2, 0.25) is 0 Å². The Bertz CT molecular complexity index is 442. The van der Waals surface area contributed by atoms with Crippen molar-refractivity contribution >= 4 is 11.6 Å². The van der Waals surface area contributed by atoms with Crippen LogP contribution in [0.1, 0.15) is 38.9 Å². The van der Waals surface area contributed by atoms with Crippen molar-refractivity contribution < 1.29 is 9.47 Å². The molecule has 1 fully saturated rings. The maximum Gasteiger partial charge on any atom is 0.158 e. The van der Waals surface area contributed by atoms with Crippen molar-refractivity contribution in [2.75, 3.05) is 36.9 Å². The smallest absolute Gasteiger partial charge is 0.158 e. The second kappa shape index (κ2) is 8.14. The lowest BCUT2D eigenvalue weighted by Gasteiger charge is -2.33. The van der Waals surface area contributed by atoms with E-state index >= 15 is 0 Å². The molecule has 0 aliphatic carbocycles. The van der Waals surface area contributed by atoms with Crippen LogP contribution < -0.4 is 10.6 Å². The van der Waals surface area contributed by atoms with Gasteiger partial charge in [-0.15, -0.1) is 0 Å². The lowest BCUT2D eigenvalue weighted by Crippen LogP contribution is -2.40. The quantitative estimate of drug-likeness (QED) is 0.829. The van der Waals surface area contributed by atoms with Crippen molar-refractivity contribution in [3.63, 3.8) is 0 Å². The highest BCUT2D eigenvalue weighted by atomic mass is 16.5. The van der Waals surface area contributed by atoms with E-state index in [0.29, 0.717) is 24.9 Å². The average molecular weight is 294 g/mol. The van der Waals surface area contributed by atoms with Crippen LogP contribution in [0, 0.1) is 0 Å². The first-order chi connectivity index (χ1) is 10.2. The Hall–Kier alpha value is -1.40. The summed E-state index contributed by atoms with van der Waals surface area (Å²) in [6.45, 7) is 7.79. The lowest BCUT2D eigenvalue weighted by molar-refractivity contribution is 0.0439. The molecule has 0 bridgehead atoms. The molecule has 1 aromatic heterocycles. The number of nitrogens with two attached hydrogens (primary N) is 1. The molecule has 6 nitrogen and oxygen atoms in total. The standard InChI is InChI=1S/C15H26N4O2/c1-3-8-21-12-6-5-7-19(10-12)15-9-13(16)17-14(18-15)11-20-4-2/h9,12H,3-8,10-11H2,1-2H3,(H2,16,17,18). The summed E-state index contributed by atoms with van der Waals surface area (Å²) in [4.78, 5) is 11.0. The summed E-state index contributed by atoms with van der Waals surface area (Å²) in [7, 11) is 0. The topological polar surface area (TPSA) is 73.5 Å². The zero-order valence-electron chi connectivity index (χ0n) is 13.0. The van der Waals surface area contributed by atoms with E-state index in [0.717, 1.165) is 44.8 Å². The molecule has 6 heteroatoms. The Balaban J connectivity index is 2.03. The van der Waals surface area contributed by atoms with Crippen LogP contribution in [0.2, 0.25) is 0 Å². The molecule has 1 aliphatic rings. The zero-order valence-corrected chi connectivity index (χ0v) is 13.0. The molecule has 2 heterocycles. The first-order valence-electron chi connectivity index (χ1n) is 7.80. The third kappa shape index (κ3) is 4.82. The fourth-order valence-electron chi connectivity index (χ4n) is 2.49. The van der Waals surface area contributed by atoms with Gasteiger partial charge in [0.05, 0.1) is 6.10 Å². The predicted octanol–water partition coefficient (Wildman–Crippen LogP) is 1.99. The summed E-state index contributed by atoms with van der Waals surface area (Å²) in [6.07, 6.45) is 3.56. The molecule has 118 valence electrons. The van der Waals surface area contributed by atoms with Gasteiger partial charge >= 0.3 is 0 Å². The number of piperidine rings is 1. The molecule has 2 N–H and O–H groups in total. The fraction of sp³-hybridized carbons (Fsp3) is 0.733. The molecular formula is C15H26N4O2. The molecule has 0 radical (unpaired) electrons. The first-order valence-corrected chi connectivity index (χ1v) is 7.80. The van der Waals surface area contributed by atoms with Gasteiger partial charge in [-0.3, -0.25) is 0 Å².